The number of hydrogen-bond donors (Lipinski definition) is 1. The maximum Gasteiger partial charge on any atom is 0.226 e. The molecule has 114 valence electrons. The molecule has 1 saturated carbocycles. The van der Waals surface area contributed by atoms with Crippen LogP contribution in [-0.4, -0.2) is 16.7 Å². The van der Waals surface area contributed by atoms with E-state index in [1.807, 2.05) is 0 Å². The highest BCUT2D eigenvalue weighted by Gasteiger charge is 2.25. The number of hydrogen-bond acceptors (Lipinski definition) is 4. The number of nitrogens with zero attached hydrogens (tertiary/aromatic N) is 2. The molecule has 0 saturated heterocycles. The Labute approximate surface area is 122 Å². The van der Waals surface area contributed by atoms with E-state index in [-0.39, 0.29) is 0 Å². The molecule has 3 atom stereocenters. The van der Waals surface area contributed by atoms with Gasteiger partial charge in [-0.05, 0) is 44.1 Å². The van der Waals surface area contributed by atoms with E-state index in [9.17, 15) is 0 Å². The number of aryl methyl sites for hydroxylation is 1. The smallest absolute Gasteiger partial charge is 0.226 e. The highest BCUT2D eigenvalue weighted by atomic mass is 16.5. The second kappa shape index (κ2) is 7.77. The zero-order valence-corrected chi connectivity index (χ0v) is 13.0. The van der Waals surface area contributed by atoms with E-state index in [1.165, 1.54) is 32.1 Å². The molecule has 2 N–H and O–H groups in total. The van der Waals surface area contributed by atoms with Crippen molar-refractivity contribution in [1.82, 2.24) is 10.1 Å². The second-order valence-corrected chi connectivity index (χ2v) is 6.41. The van der Waals surface area contributed by atoms with Gasteiger partial charge in [0.15, 0.2) is 5.82 Å². The lowest BCUT2D eigenvalue weighted by Crippen LogP contribution is -2.14. The third kappa shape index (κ3) is 4.30. The SMILES string of the molecule is CCC1CCCC(c2noc(CCC(C)CCN)n2)C1. The van der Waals surface area contributed by atoms with E-state index >= 15 is 0 Å². The Morgan fingerprint density at radius 1 is 1.35 bits per heavy atom. The molecule has 0 amide bonds. The fourth-order valence-corrected chi connectivity index (χ4v) is 3.23. The average molecular weight is 279 g/mol. The Morgan fingerprint density at radius 3 is 2.95 bits per heavy atom. The van der Waals surface area contributed by atoms with Crippen molar-refractivity contribution in [3.63, 3.8) is 0 Å². The molecule has 2 rings (SSSR count). The van der Waals surface area contributed by atoms with E-state index in [2.05, 4.69) is 24.0 Å². The molecule has 1 heterocycles. The van der Waals surface area contributed by atoms with Crippen molar-refractivity contribution in [3.8, 4) is 0 Å². The van der Waals surface area contributed by atoms with Crippen LogP contribution < -0.4 is 5.73 Å². The Balaban J connectivity index is 1.85. The number of nitrogens with two attached hydrogens (primary N) is 1. The first-order valence-electron chi connectivity index (χ1n) is 8.25. The summed E-state index contributed by atoms with van der Waals surface area (Å²) in [4.78, 5) is 4.63. The molecule has 20 heavy (non-hydrogen) atoms. The minimum atomic E-state index is 0.521. The first-order chi connectivity index (χ1) is 9.72. The molecule has 0 radical (unpaired) electrons. The van der Waals surface area contributed by atoms with Crippen LogP contribution in [0.3, 0.4) is 0 Å². The van der Waals surface area contributed by atoms with Gasteiger partial charge in [-0.1, -0.05) is 38.3 Å². The third-order valence-electron chi connectivity index (χ3n) is 4.72. The zero-order chi connectivity index (χ0) is 14.4. The summed E-state index contributed by atoms with van der Waals surface area (Å²) in [5, 5.41) is 4.22. The van der Waals surface area contributed by atoms with Gasteiger partial charge < -0.3 is 10.3 Å². The Hall–Kier alpha value is -0.900. The van der Waals surface area contributed by atoms with Crippen LogP contribution in [0.5, 0.6) is 0 Å². The zero-order valence-electron chi connectivity index (χ0n) is 13.0. The summed E-state index contributed by atoms with van der Waals surface area (Å²) in [7, 11) is 0. The summed E-state index contributed by atoms with van der Waals surface area (Å²) >= 11 is 0. The van der Waals surface area contributed by atoms with Crippen LogP contribution in [-0.2, 0) is 6.42 Å². The highest BCUT2D eigenvalue weighted by molar-refractivity contribution is 4.98. The summed E-state index contributed by atoms with van der Waals surface area (Å²) in [6.45, 7) is 5.28. The van der Waals surface area contributed by atoms with Crippen LogP contribution in [0.4, 0.5) is 0 Å². The Bertz CT molecular complexity index is 391. The molecule has 0 spiro atoms. The minimum Gasteiger partial charge on any atom is -0.339 e. The van der Waals surface area contributed by atoms with Gasteiger partial charge in [0.25, 0.3) is 0 Å². The number of aromatic nitrogens is 2. The van der Waals surface area contributed by atoms with Gasteiger partial charge in [-0.2, -0.15) is 4.98 Å². The molecule has 0 aromatic carbocycles. The van der Waals surface area contributed by atoms with Gasteiger partial charge in [-0.3, -0.25) is 0 Å². The van der Waals surface area contributed by atoms with Crippen molar-refractivity contribution in [2.75, 3.05) is 6.54 Å². The molecule has 4 heteroatoms. The summed E-state index contributed by atoms with van der Waals surface area (Å²) in [5.41, 5.74) is 5.57. The molecule has 4 nitrogen and oxygen atoms in total. The summed E-state index contributed by atoms with van der Waals surface area (Å²) in [6, 6.07) is 0. The van der Waals surface area contributed by atoms with Crippen molar-refractivity contribution < 1.29 is 4.52 Å². The summed E-state index contributed by atoms with van der Waals surface area (Å²) in [5.74, 6) is 3.76. The van der Waals surface area contributed by atoms with Gasteiger partial charge >= 0.3 is 0 Å². The van der Waals surface area contributed by atoms with E-state index in [4.69, 9.17) is 10.3 Å². The maximum absolute atomic E-state index is 5.57. The molecule has 1 aliphatic carbocycles. The third-order valence-corrected chi connectivity index (χ3v) is 4.72. The van der Waals surface area contributed by atoms with Gasteiger partial charge in [-0.15, -0.1) is 0 Å². The van der Waals surface area contributed by atoms with Crippen molar-refractivity contribution >= 4 is 0 Å². The van der Waals surface area contributed by atoms with Gasteiger partial charge in [0, 0.05) is 12.3 Å². The Kier molecular flexibility index (Phi) is 6.02. The molecule has 3 unspecified atom stereocenters. The minimum absolute atomic E-state index is 0.521. The predicted molar refractivity (Wildman–Crippen MR) is 80.4 cm³/mol. The first-order valence-corrected chi connectivity index (χ1v) is 8.25. The lowest BCUT2D eigenvalue weighted by atomic mass is 9.80. The van der Waals surface area contributed by atoms with E-state index < -0.39 is 0 Å². The van der Waals surface area contributed by atoms with Crippen LogP contribution in [0.2, 0.25) is 0 Å². The van der Waals surface area contributed by atoms with Crippen molar-refractivity contribution in [2.45, 2.75) is 71.1 Å². The van der Waals surface area contributed by atoms with Gasteiger partial charge in [0.2, 0.25) is 5.89 Å². The van der Waals surface area contributed by atoms with Crippen LogP contribution in [0, 0.1) is 11.8 Å². The average Bonchev–Trinajstić information content (AvgIpc) is 2.94. The molecular formula is C16H29N3O. The van der Waals surface area contributed by atoms with Crippen LogP contribution in [0.15, 0.2) is 4.52 Å². The summed E-state index contributed by atoms with van der Waals surface area (Å²) in [6.07, 6.45) is 9.45. The van der Waals surface area contributed by atoms with Crippen molar-refractivity contribution in [2.24, 2.45) is 17.6 Å². The topological polar surface area (TPSA) is 64.9 Å². The van der Waals surface area contributed by atoms with E-state index in [0.29, 0.717) is 11.8 Å². The van der Waals surface area contributed by atoms with Gasteiger partial charge in [-0.25, -0.2) is 0 Å². The first kappa shape index (κ1) is 15.5. The largest absolute Gasteiger partial charge is 0.339 e. The van der Waals surface area contributed by atoms with Crippen LogP contribution >= 0.6 is 0 Å². The fraction of sp³-hybridized carbons (Fsp3) is 0.875. The van der Waals surface area contributed by atoms with Gasteiger partial charge in [0.1, 0.15) is 0 Å². The Morgan fingerprint density at radius 2 is 2.20 bits per heavy atom. The maximum atomic E-state index is 5.57. The second-order valence-electron chi connectivity index (χ2n) is 6.41. The molecule has 0 aliphatic heterocycles. The summed E-state index contributed by atoms with van der Waals surface area (Å²) < 4.78 is 5.42. The molecule has 1 aromatic rings. The van der Waals surface area contributed by atoms with Crippen molar-refractivity contribution in [3.05, 3.63) is 11.7 Å². The molecular weight excluding hydrogens is 250 g/mol. The molecule has 1 aromatic heterocycles. The lowest BCUT2D eigenvalue weighted by molar-refractivity contribution is 0.297. The van der Waals surface area contributed by atoms with Crippen LogP contribution in [0.1, 0.15) is 76.4 Å². The number of rotatable bonds is 7. The highest BCUT2D eigenvalue weighted by Crippen LogP contribution is 2.36. The standard InChI is InChI=1S/C16H29N3O/c1-3-13-5-4-6-14(11-13)16-18-15(20-19-16)8-7-12(2)9-10-17/h12-14H,3-11,17H2,1-2H3. The molecule has 1 aliphatic rings. The van der Waals surface area contributed by atoms with E-state index in [1.54, 1.807) is 0 Å². The predicted octanol–water partition coefficient (Wildman–Crippen LogP) is 3.67. The van der Waals surface area contributed by atoms with Gasteiger partial charge in [0.05, 0.1) is 0 Å². The normalized spacial score (nSPS) is 24.8. The fourth-order valence-electron chi connectivity index (χ4n) is 3.23. The van der Waals surface area contributed by atoms with Crippen LogP contribution in [0.25, 0.3) is 0 Å². The lowest BCUT2D eigenvalue weighted by Gasteiger charge is -2.26. The molecule has 0 bridgehead atoms. The van der Waals surface area contributed by atoms with E-state index in [0.717, 1.165) is 43.4 Å². The quantitative estimate of drug-likeness (QED) is 0.827. The monoisotopic (exact) mass is 279 g/mol. The van der Waals surface area contributed by atoms with Crippen molar-refractivity contribution in [1.29, 1.82) is 0 Å². The molecule has 1 fully saturated rings.